The van der Waals surface area contributed by atoms with Crippen molar-refractivity contribution in [3.05, 3.63) is 0 Å². The number of unbranched alkanes of at least 4 members (excludes halogenated alkanes) is 27. The van der Waals surface area contributed by atoms with Gasteiger partial charge in [-0.15, -0.1) is 0 Å². The number of aliphatic hydroxyl groups is 3. The molecule has 0 unspecified atom stereocenters. The standard InChI is InChI=1S/C24H50O.C12H26O4S.C4H11NO2.C2H7NO.H2O4S/c1-3-5-7-9-11-13-15-17-19-21-23-25-24-22-20-18-16-14-12-10-8-6-4-2;1-2-3-4-5-6-7-8-9-10-11-12-16-17(13,14)15;6-3-1-5-2-4-7;3-1-2-4;1-5(2,3)4/h3-24H2,1-2H3;2-12H2,1H3,(H,13,14,15);5-7H,1-4H2;4H,1-3H2;(H2,1,2,3,4). The van der Waals surface area contributed by atoms with E-state index in [2.05, 4.69) is 30.3 Å². The van der Waals surface area contributed by atoms with Gasteiger partial charge >= 0.3 is 20.8 Å². The number of rotatable bonds is 39. The van der Waals surface area contributed by atoms with E-state index in [-0.39, 0.29) is 26.4 Å². The van der Waals surface area contributed by atoms with Crippen LogP contribution in [0.3, 0.4) is 0 Å². The maximum atomic E-state index is 10.2. The Labute approximate surface area is 358 Å². The van der Waals surface area contributed by atoms with Crippen molar-refractivity contribution in [1.29, 1.82) is 0 Å². The van der Waals surface area contributed by atoms with Gasteiger partial charge in [-0.1, -0.05) is 194 Å². The highest BCUT2D eigenvalue weighted by atomic mass is 32.3. The van der Waals surface area contributed by atoms with Crippen LogP contribution >= 0.6 is 0 Å². The molecule has 58 heavy (non-hydrogen) atoms. The average Bonchev–Trinajstić information content (AvgIpc) is 3.17. The quantitative estimate of drug-likeness (QED) is 0.0212. The molecule has 0 atom stereocenters. The van der Waals surface area contributed by atoms with Crippen molar-refractivity contribution >= 4 is 20.8 Å². The molecule has 0 fully saturated rings. The molecule has 358 valence electrons. The summed E-state index contributed by atoms with van der Waals surface area (Å²) < 4.78 is 70.4. The fourth-order valence-electron chi connectivity index (χ4n) is 5.52. The first-order valence-corrected chi connectivity index (χ1v) is 25.7. The van der Waals surface area contributed by atoms with E-state index in [9.17, 15) is 8.42 Å². The molecule has 0 radical (unpaired) electrons. The van der Waals surface area contributed by atoms with Crippen LogP contribution in [0.25, 0.3) is 0 Å². The zero-order chi connectivity index (χ0) is 44.7. The number of ether oxygens (including phenoxy) is 1. The molecule has 0 aliphatic heterocycles. The van der Waals surface area contributed by atoms with E-state index in [0.717, 1.165) is 26.1 Å². The normalized spacial score (nSPS) is 11.0. The van der Waals surface area contributed by atoms with E-state index in [1.807, 2.05) is 0 Å². The lowest BCUT2D eigenvalue weighted by Crippen LogP contribution is -2.21. The summed E-state index contributed by atoms with van der Waals surface area (Å²) in [5.74, 6) is 0. The molecule has 0 aliphatic carbocycles. The predicted molar refractivity (Wildman–Crippen MR) is 241 cm³/mol. The van der Waals surface area contributed by atoms with Crippen LogP contribution in [-0.2, 0) is 29.7 Å². The van der Waals surface area contributed by atoms with Gasteiger partial charge in [0.1, 0.15) is 0 Å². The van der Waals surface area contributed by atoms with E-state index < -0.39 is 20.8 Å². The van der Waals surface area contributed by atoms with Crippen molar-refractivity contribution in [3.8, 4) is 0 Å². The molecule has 0 aromatic heterocycles. The lowest BCUT2D eigenvalue weighted by molar-refractivity contribution is 0.125. The van der Waals surface area contributed by atoms with Gasteiger partial charge in [0.15, 0.2) is 0 Å². The van der Waals surface area contributed by atoms with Gasteiger partial charge in [-0.05, 0) is 19.3 Å². The van der Waals surface area contributed by atoms with E-state index in [1.165, 1.54) is 173 Å². The van der Waals surface area contributed by atoms with E-state index in [0.29, 0.717) is 26.1 Å². The number of aliphatic hydroxyl groups excluding tert-OH is 3. The van der Waals surface area contributed by atoms with Crippen molar-refractivity contribution < 1.29 is 54.7 Å². The minimum atomic E-state index is -4.67. The van der Waals surface area contributed by atoms with Crippen molar-refractivity contribution in [2.24, 2.45) is 5.73 Å². The lowest BCUT2D eigenvalue weighted by Gasteiger charge is -2.05. The van der Waals surface area contributed by atoms with E-state index in [4.69, 9.17) is 47.9 Å². The summed E-state index contributed by atoms with van der Waals surface area (Å²) in [6.07, 6.45) is 40.0. The zero-order valence-electron chi connectivity index (χ0n) is 37.6. The molecule has 9 N–H and O–H groups in total. The summed E-state index contributed by atoms with van der Waals surface area (Å²) in [6, 6.07) is 0. The molecule has 0 rings (SSSR count). The fourth-order valence-corrected chi connectivity index (χ4v) is 5.85. The molecule has 0 aromatic carbocycles. The minimum absolute atomic E-state index is 0.0926. The number of nitrogens with two attached hydrogens (primary N) is 1. The van der Waals surface area contributed by atoms with Gasteiger partial charge in [-0.25, -0.2) is 4.18 Å². The van der Waals surface area contributed by atoms with Gasteiger partial charge in [0, 0.05) is 32.8 Å². The molecule has 14 nitrogen and oxygen atoms in total. The summed E-state index contributed by atoms with van der Waals surface area (Å²) >= 11 is 0. The highest BCUT2D eigenvalue weighted by Crippen LogP contribution is 2.13. The van der Waals surface area contributed by atoms with E-state index in [1.54, 1.807) is 0 Å². The van der Waals surface area contributed by atoms with Crippen LogP contribution in [0.15, 0.2) is 0 Å². The van der Waals surface area contributed by atoms with Gasteiger partial charge < -0.3 is 31.1 Å². The van der Waals surface area contributed by atoms with Crippen LogP contribution in [0.5, 0.6) is 0 Å². The molecule has 0 amide bonds. The summed E-state index contributed by atoms with van der Waals surface area (Å²) in [6.45, 7) is 10.8. The van der Waals surface area contributed by atoms with Gasteiger partial charge in [-0.2, -0.15) is 16.8 Å². The molecule has 0 heterocycles. The van der Waals surface area contributed by atoms with Crippen LogP contribution < -0.4 is 11.1 Å². The Morgan fingerprint density at radius 3 is 0.845 bits per heavy atom. The monoisotopic (exact) mass is 885 g/mol. The zero-order valence-corrected chi connectivity index (χ0v) is 39.2. The summed E-state index contributed by atoms with van der Waals surface area (Å²) in [7, 11) is -8.90. The molecular formula is C42H96N2O12S2. The smallest absolute Gasteiger partial charge is 0.395 e. The van der Waals surface area contributed by atoms with Crippen LogP contribution in [0, 0.1) is 0 Å². The predicted octanol–water partition coefficient (Wildman–Crippen LogP) is 9.42. The Morgan fingerprint density at radius 2 is 0.638 bits per heavy atom. The molecule has 0 spiro atoms. The Balaban J connectivity index is -0.000000241. The highest BCUT2D eigenvalue weighted by Gasteiger charge is 2.02. The molecular weight excluding hydrogens is 789 g/mol. The lowest BCUT2D eigenvalue weighted by atomic mass is 10.1. The van der Waals surface area contributed by atoms with Crippen molar-refractivity contribution in [1.82, 2.24) is 5.32 Å². The van der Waals surface area contributed by atoms with Gasteiger partial charge in [0.25, 0.3) is 0 Å². The third kappa shape index (κ3) is 101. The van der Waals surface area contributed by atoms with E-state index >= 15 is 0 Å². The van der Waals surface area contributed by atoms with Crippen LogP contribution in [0.4, 0.5) is 0 Å². The largest absolute Gasteiger partial charge is 0.397 e. The molecule has 0 saturated heterocycles. The van der Waals surface area contributed by atoms with Crippen LogP contribution in [-0.4, -0.2) is 105 Å². The SMILES string of the molecule is CCCCCCCCCCCCOCCCCCCCCCCCC.CCCCCCCCCCCCOS(=O)(=O)O.NCCO.O=S(=O)(O)O.OCCNCCO. The Hall–Kier alpha value is -0.500. The summed E-state index contributed by atoms with van der Waals surface area (Å²) in [4.78, 5) is 0. The number of hydrogen-bond donors (Lipinski definition) is 8. The minimum Gasteiger partial charge on any atom is -0.395 e. The maximum absolute atomic E-state index is 10.2. The second kappa shape index (κ2) is 60.8. The van der Waals surface area contributed by atoms with Crippen molar-refractivity contribution in [2.75, 3.05) is 59.3 Å². The summed E-state index contributed by atoms with van der Waals surface area (Å²) in [5, 5.41) is 26.8. The van der Waals surface area contributed by atoms with Crippen LogP contribution in [0.1, 0.15) is 213 Å². The second-order valence-corrected chi connectivity index (χ2v) is 16.6. The average molecular weight is 885 g/mol. The molecule has 16 heteroatoms. The first kappa shape index (κ1) is 66.6. The third-order valence-corrected chi connectivity index (χ3v) is 9.19. The Bertz CT molecular complexity index is 867. The molecule has 0 bridgehead atoms. The Kier molecular flexibility index (Phi) is 69.8. The maximum Gasteiger partial charge on any atom is 0.397 e. The first-order chi connectivity index (χ1) is 27.8. The first-order valence-electron chi connectivity index (χ1n) is 22.9. The molecule has 0 aliphatic rings. The van der Waals surface area contributed by atoms with Gasteiger partial charge in [0.05, 0.1) is 26.4 Å². The summed E-state index contributed by atoms with van der Waals surface area (Å²) in [5.41, 5.74) is 4.78. The topological polar surface area (TPSA) is 246 Å². The Morgan fingerprint density at radius 1 is 0.414 bits per heavy atom. The fraction of sp³-hybridized carbons (Fsp3) is 1.00. The van der Waals surface area contributed by atoms with Gasteiger partial charge in [-0.3, -0.25) is 13.7 Å². The number of hydrogen-bond acceptors (Lipinski definition) is 11. The highest BCUT2D eigenvalue weighted by molar-refractivity contribution is 7.80. The van der Waals surface area contributed by atoms with Crippen molar-refractivity contribution in [2.45, 2.75) is 213 Å². The van der Waals surface area contributed by atoms with Crippen LogP contribution in [0.2, 0.25) is 0 Å². The van der Waals surface area contributed by atoms with Crippen molar-refractivity contribution in [3.63, 3.8) is 0 Å². The second-order valence-electron chi connectivity index (χ2n) is 14.6. The molecule has 0 saturated carbocycles. The third-order valence-electron chi connectivity index (χ3n) is 8.72. The van der Waals surface area contributed by atoms with Gasteiger partial charge in [0.2, 0.25) is 0 Å². The number of nitrogens with one attached hydrogen (secondary N) is 1. The molecule has 0 aromatic rings.